The van der Waals surface area contributed by atoms with Crippen LogP contribution >= 0.6 is 0 Å². The van der Waals surface area contributed by atoms with E-state index in [0.29, 0.717) is 0 Å². The Morgan fingerprint density at radius 1 is 1.00 bits per heavy atom. The van der Waals surface area contributed by atoms with Crippen LogP contribution in [0.2, 0.25) is 0 Å². The number of carbonyl (C=O) groups excluding carboxylic acids is 2. The molecule has 0 unspecified atom stereocenters. The van der Waals surface area contributed by atoms with Crippen LogP contribution in [0.1, 0.15) is 37.4 Å². The molecule has 1 aliphatic heterocycles. The maximum atomic E-state index is 12.5. The number of benzene rings is 2. The van der Waals surface area contributed by atoms with Crippen molar-refractivity contribution in [2.75, 3.05) is 0 Å². The Kier molecular flexibility index (Phi) is 3.44. The molecule has 2 aromatic carbocycles. The van der Waals surface area contributed by atoms with Crippen molar-refractivity contribution < 1.29 is 14.5 Å². The molecule has 2 amide bonds. The first kappa shape index (κ1) is 14.9. The first-order valence-electron chi connectivity index (χ1n) is 7.09. The van der Waals surface area contributed by atoms with Gasteiger partial charge in [0, 0.05) is 12.1 Å². The van der Waals surface area contributed by atoms with Gasteiger partial charge in [0.05, 0.1) is 22.6 Å². The molecule has 0 bridgehead atoms. The predicted octanol–water partition coefficient (Wildman–Crippen LogP) is 3.01. The van der Waals surface area contributed by atoms with Crippen LogP contribution < -0.4 is 0 Å². The van der Waals surface area contributed by atoms with Gasteiger partial charge in [0.1, 0.15) is 0 Å². The fourth-order valence-electron chi connectivity index (χ4n) is 2.68. The summed E-state index contributed by atoms with van der Waals surface area (Å²) >= 11 is 0. The molecule has 0 radical (unpaired) electrons. The van der Waals surface area contributed by atoms with Crippen molar-refractivity contribution in [1.82, 2.24) is 4.90 Å². The third-order valence-electron chi connectivity index (χ3n) is 4.00. The molecule has 6 heteroatoms. The van der Waals surface area contributed by atoms with Crippen molar-refractivity contribution in [1.29, 1.82) is 0 Å². The van der Waals surface area contributed by atoms with Crippen molar-refractivity contribution in [2.24, 2.45) is 0 Å². The average Bonchev–Trinajstić information content (AvgIpc) is 2.75. The summed E-state index contributed by atoms with van der Waals surface area (Å²) in [6.45, 7) is 4.01. The zero-order valence-electron chi connectivity index (χ0n) is 12.7. The van der Waals surface area contributed by atoms with Crippen LogP contribution in [0.15, 0.2) is 36.4 Å². The molecular weight excluding hydrogens is 296 g/mol. The van der Waals surface area contributed by atoms with Crippen LogP contribution in [-0.2, 0) is 6.54 Å². The molecule has 0 atom stereocenters. The van der Waals surface area contributed by atoms with Gasteiger partial charge in [-0.3, -0.25) is 24.6 Å². The molecule has 3 rings (SSSR count). The highest BCUT2D eigenvalue weighted by molar-refractivity contribution is 6.21. The number of aryl methyl sites for hydroxylation is 2. The smallest absolute Gasteiger partial charge is 0.270 e. The monoisotopic (exact) mass is 310 g/mol. The van der Waals surface area contributed by atoms with Gasteiger partial charge in [-0.15, -0.1) is 0 Å². The lowest BCUT2D eigenvalue weighted by Crippen LogP contribution is -2.29. The Hall–Kier alpha value is -3.02. The molecule has 23 heavy (non-hydrogen) atoms. The van der Waals surface area contributed by atoms with Crippen LogP contribution in [0.5, 0.6) is 0 Å². The van der Waals surface area contributed by atoms with Gasteiger partial charge in [0.15, 0.2) is 0 Å². The Labute approximate surface area is 132 Å². The normalized spacial score (nSPS) is 13.4. The van der Waals surface area contributed by atoms with E-state index in [1.54, 1.807) is 0 Å². The number of nitrogens with zero attached hydrogens (tertiary/aromatic N) is 2. The van der Waals surface area contributed by atoms with Gasteiger partial charge in [0.25, 0.3) is 17.5 Å². The maximum Gasteiger partial charge on any atom is 0.270 e. The zero-order valence-corrected chi connectivity index (χ0v) is 12.7. The van der Waals surface area contributed by atoms with Gasteiger partial charge in [-0.2, -0.15) is 0 Å². The van der Waals surface area contributed by atoms with Crippen molar-refractivity contribution in [3.05, 3.63) is 74.3 Å². The standard InChI is InChI=1S/C17H14N2O4/c1-10-3-4-11(2)12(7-10)9-18-16(20)14-6-5-13(19(22)23)8-15(14)17(18)21/h3-8H,9H2,1-2H3. The van der Waals surface area contributed by atoms with Gasteiger partial charge in [-0.1, -0.05) is 23.8 Å². The van der Waals surface area contributed by atoms with Crippen LogP contribution in [-0.4, -0.2) is 21.6 Å². The molecule has 116 valence electrons. The summed E-state index contributed by atoms with van der Waals surface area (Å²) in [6, 6.07) is 9.58. The molecule has 0 N–H and O–H groups in total. The van der Waals surface area contributed by atoms with E-state index in [1.807, 2.05) is 32.0 Å². The number of amides is 2. The summed E-state index contributed by atoms with van der Waals surface area (Å²) in [5, 5.41) is 10.8. The average molecular weight is 310 g/mol. The van der Waals surface area contributed by atoms with Crippen molar-refractivity contribution in [3.63, 3.8) is 0 Å². The number of nitro benzene ring substituents is 1. The van der Waals surface area contributed by atoms with Gasteiger partial charge in [-0.25, -0.2) is 0 Å². The predicted molar refractivity (Wildman–Crippen MR) is 83.2 cm³/mol. The Morgan fingerprint density at radius 3 is 2.39 bits per heavy atom. The van der Waals surface area contributed by atoms with E-state index in [-0.39, 0.29) is 23.4 Å². The quantitative estimate of drug-likeness (QED) is 0.496. The van der Waals surface area contributed by atoms with E-state index in [2.05, 4.69) is 0 Å². The molecule has 0 spiro atoms. The fourth-order valence-corrected chi connectivity index (χ4v) is 2.68. The van der Waals surface area contributed by atoms with Crippen LogP contribution in [0.25, 0.3) is 0 Å². The number of carbonyl (C=O) groups is 2. The van der Waals surface area contributed by atoms with Crippen molar-refractivity contribution in [3.8, 4) is 0 Å². The lowest BCUT2D eigenvalue weighted by atomic mass is 10.1. The van der Waals surface area contributed by atoms with Gasteiger partial charge in [-0.05, 0) is 31.0 Å². The lowest BCUT2D eigenvalue weighted by molar-refractivity contribution is -0.384. The van der Waals surface area contributed by atoms with Crippen molar-refractivity contribution >= 4 is 17.5 Å². The minimum absolute atomic E-state index is 0.0921. The molecule has 0 aromatic heterocycles. The highest BCUT2D eigenvalue weighted by Gasteiger charge is 2.36. The molecule has 0 fully saturated rings. The number of rotatable bonds is 3. The molecule has 0 saturated carbocycles. The van der Waals surface area contributed by atoms with Crippen molar-refractivity contribution in [2.45, 2.75) is 20.4 Å². The summed E-state index contributed by atoms with van der Waals surface area (Å²) in [6.07, 6.45) is 0. The van der Waals surface area contributed by atoms with E-state index in [9.17, 15) is 19.7 Å². The summed E-state index contributed by atoms with van der Waals surface area (Å²) in [4.78, 5) is 36.3. The number of hydrogen-bond donors (Lipinski definition) is 0. The summed E-state index contributed by atoms with van der Waals surface area (Å²) < 4.78 is 0. The minimum atomic E-state index is -0.578. The zero-order chi connectivity index (χ0) is 16.7. The number of fused-ring (bicyclic) bond motifs is 1. The first-order valence-corrected chi connectivity index (χ1v) is 7.09. The summed E-state index contributed by atoms with van der Waals surface area (Å²) in [7, 11) is 0. The summed E-state index contributed by atoms with van der Waals surface area (Å²) in [5.41, 5.74) is 3.02. The fraction of sp³-hybridized carbons (Fsp3) is 0.176. The minimum Gasteiger partial charge on any atom is -0.270 e. The second-order valence-corrected chi connectivity index (χ2v) is 5.61. The Balaban J connectivity index is 1.97. The number of imide groups is 1. The lowest BCUT2D eigenvalue weighted by Gasteiger charge is -2.16. The maximum absolute atomic E-state index is 12.5. The second-order valence-electron chi connectivity index (χ2n) is 5.61. The molecule has 2 aromatic rings. The first-order chi connectivity index (χ1) is 10.9. The topological polar surface area (TPSA) is 80.5 Å². The largest absolute Gasteiger partial charge is 0.270 e. The van der Waals surface area contributed by atoms with E-state index in [0.717, 1.165) is 21.6 Å². The Bertz CT molecular complexity index is 858. The molecule has 1 heterocycles. The molecule has 1 aliphatic rings. The highest BCUT2D eigenvalue weighted by atomic mass is 16.6. The number of non-ortho nitro benzene ring substituents is 1. The number of hydrogen-bond acceptors (Lipinski definition) is 4. The SMILES string of the molecule is Cc1ccc(C)c(CN2C(=O)c3ccc([N+](=O)[O-])cc3C2=O)c1. The highest BCUT2D eigenvalue weighted by Crippen LogP contribution is 2.28. The molecule has 0 saturated heterocycles. The van der Waals surface area contributed by atoms with Crippen LogP contribution in [0.3, 0.4) is 0 Å². The van der Waals surface area contributed by atoms with Gasteiger partial charge >= 0.3 is 0 Å². The summed E-state index contributed by atoms with van der Waals surface area (Å²) in [5.74, 6) is -0.907. The third-order valence-corrected chi connectivity index (χ3v) is 4.00. The van der Waals surface area contributed by atoms with Gasteiger partial charge in [0.2, 0.25) is 0 Å². The number of nitro groups is 1. The second kappa shape index (κ2) is 5.31. The molecular formula is C17H14N2O4. The Morgan fingerprint density at radius 2 is 1.70 bits per heavy atom. The van der Waals surface area contributed by atoms with E-state index < -0.39 is 16.7 Å². The van der Waals surface area contributed by atoms with Gasteiger partial charge < -0.3 is 0 Å². The molecule has 0 aliphatic carbocycles. The third kappa shape index (κ3) is 2.48. The van der Waals surface area contributed by atoms with E-state index in [4.69, 9.17) is 0 Å². The van der Waals surface area contributed by atoms with Crippen LogP contribution in [0.4, 0.5) is 5.69 Å². The van der Waals surface area contributed by atoms with Crippen LogP contribution in [0, 0.1) is 24.0 Å². The van der Waals surface area contributed by atoms with E-state index in [1.165, 1.54) is 18.2 Å². The molecule has 6 nitrogen and oxygen atoms in total. The van der Waals surface area contributed by atoms with E-state index >= 15 is 0 Å².